The van der Waals surface area contributed by atoms with Crippen LogP contribution in [0.4, 0.5) is 13.6 Å². The summed E-state index contributed by atoms with van der Waals surface area (Å²) in [6, 6.07) is -0.136. The van der Waals surface area contributed by atoms with E-state index in [4.69, 9.17) is 9.72 Å². The molecule has 2 atom stereocenters. The van der Waals surface area contributed by atoms with Gasteiger partial charge in [0.2, 0.25) is 0 Å². The third-order valence-corrected chi connectivity index (χ3v) is 7.28. The molecule has 1 aliphatic carbocycles. The maximum absolute atomic E-state index is 14.1. The molecule has 14 heteroatoms. The third-order valence-electron chi connectivity index (χ3n) is 7.28. The molecule has 2 fully saturated rings. The van der Waals surface area contributed by atoms with Gasteiger partial charge in [-0.3, -0.25) is 4.79 Å². The Morgan fingerprint density at radius 2 is 2.13 bits per heavy atom. The SMILES string of the molecule is COC[C@H](c1cnn2cc([C@@H](CCC3(C)CC3)NC(=O)c3nonc3C)nc2c1)N1CC(F)(F)CNC1=O. The predicted molar refractivity (Wildman–Crippen MR) is 128 cm³/mol. The summed E-state index contributed by atoms with van der Waals surface area (Å²) in [4.78, 5) is 31.1. The first kappa shape index (κ1) is 25.9. The first-order chi connectivity index (χ1) is 18.1. The van der Waals surface area contributed by atoms with Crippen LogP contribution >= 0.6 is 0 Å². The Kier molecular flexibility index (Phi) is 6.75. The van der Waals surface area contributed by atoms with Crippen molar-refractivity contribution in [3.05, 3.63) is 41.1 Å². The zero-order chi connectivity index (χ0) is 27.1. The van der Waals surface area contributed by atoms with Crippen LogP contribution in [0.3, 0.4) is 0 Å². The number of nitrogens with one attached hydrogen (secondary N) is 2. The molecule has 3 amide bonds. The van der Waals surface area contributed by atoms with Crippen LogP contribution in [-0.2, 0) is 4.74 Å². The van der Waals surface area contributed by atoms with Crippen molar-refractivity contribution in [2.24, 2.45) is 5.41 Å². The highest BCUT2D eigenvalue weighted by molar-refractivity contribution is 5.93. The largest absolute Gasteiger partial charge is 0.382 e. The van der Waals surface area contributed by atoms with E-state index in [0.29, 0.717) is 29.0 Å². The van der Waals surface area contributed by atoms with Gasteiger partial charge in [-0.1, -0.05) is 12.1 Å². The molecule has 1 saturated carbocycles. The van der Waals surface area contributed by atoms with Crippen molar-refractivity contribution in [1.82, 2.24) is 40.4 Å². The van der Waals surface area contributed by atoms with Crippen LogP contribution in [0.2, 0.25) is 0 Å². The number of halogens is 2. The van der Waals surface area contributed by atoms with E-state index in [-0.39, 0.29) is 17.7 Å². The standard InChI is InChI=1S/C24H30F2N8O4/c1-14-20(32-38-31-14)21(35)30-16(4-5-23(2)6-7-23)17-10-34-19(29-17)8-15(9-28-34)18(11-37-3)33-13-24(25,26)12-27-22(33)36/h8-10,16,18H,4-7,11-13H2,1-3H3,(H,27,36)(H,30,35)/t16-,18-/m1/s1. The van der Waals surface area contributed by atoms with E-state index in [9.17, 15) is 18.4 Å². The van der Waals surface area contributed by atoms with Crippen molar-refractivity contribution in [3.63, 3.8) is 0 Å². The van der Waals surface area contributed by atoms with E-state index in [2.05, 4.69) is 37.6 Å². The summed E-state index contributed by atoms with van der Waals surface area (Å²) in [6.45, 7) is 2.40. The van der Waals surface area contributed by atoms with Crippen molar-refractivity contribution in [3.8, 4) is 0 Å². The highest BCUT2D eigenvalue weighted by Gasteiger charge is 2.42. The van der Waals surface area contributed by atoms with Crippen LogP contribution < -0.4 is 10.6 Å². The van der Waals surface area contributed by atoms with Gasteiger partial charge in [0.05, 0.1) is 49.9 Å². The van der Waals surface area contributed by atoms with Crippen LogP contribution in [0, 0.1) is 12.3 Å². The number of carbonyl (C=O) groups excluding carboxylic acids is 2. The molecule has 0 unspecified atom stereocenters. The Morgan fingerprint density at radius 3 is 2.82 bits per heavy atom. The van der Waals surface area contributed by atoms with E-state index in [1.54, 1.807) is 23.7 Å². The van der Waals surface area contributed by atoms with Crippen molar-refractivity contribution >= 4 is 17.6 Å². The Hall–Kier alpha value is -3.68. The van der Waals surface area contributed by atoms with Gasteiger partial charge in [0.1, 0.15) is 5.69 Å². The summed E-state index contributed by atoms with van der Waals surface area (Å²) in [5.74, 6) is -3.49. The van der Waals surface area contributed by atoms with Crippen LogP contribution in [-0.4, -0.2) is 74.5 Å². The molecule has 1 aliphatic heterocycles. The Labute approximate surface area is 217 Å². The zero-order valence-corrected chi connectivity index (χ0v) is 21.4. The van der Waals surface area contributed by atoms with E-state index in [1.165, 1.54) is 13.3 Å². The number of imidazole rings is 1. The molecule has 2 N–H and O–H groups in total. The molecule has 38 heavy (non-hydrogen) atoms. The van der Waals surface area contributed by atoms with Gasteiger partial charge in [0.15, 0.2) is 11.3 Å². The quantitative estimate of drug-likeness (QED) is 0.406. The number of carbonyl (C=O) groups is 2. The molecule has 3 aromatic rings. The lowest BCUT2D eigenvalue weighted by Gasteiger charge is -2.38. The van der Waals surface area contributed by atoms with Gasteiger partial charge >= 0.3 is 6.03 Å². The number of fused-ring (bicyclic) bond motifs is 1. The lowest BCUT2D eigenvalue weighted by molar-refractivity contribution is -0.0509. The average molecular weight is 533 g/mol. The van der Waals surface area contributed by atoms with Crippen LogP contribution in [0.1, 0.15) is 72.1 Å². The Balaban J connectivity index is 1.43. The second-order valence-corrected chi connectivity index (χ2v) is 10.4. The summed E-state index contributed by atoms with van der Waals surface area (Å²) in [6.07, 6.45) is 7.05. The third kappa shape index (κ3) is 5.44. The summed E-state index contributed by atoms with van der Waals surface area (Å²) < 4.78 is 39.7. The minimum Gasteiger partial charge on any atom is -0.382 e. The number of amides is 3. The van der Waals surface area contributed by atoms with Gasteiger partial charge in [-0.05, 0) is 49.2 Å². The first-order valence-corrected chi connectivity index (χ1v) is 12.4. The molecule has 3 aromatic heterocycles. The molecular weight excluding hydrogens is 502 g/mol. The van der Waals surface area contributed by atoms with Crippen molar-refractivity contribution in [2.45, 2.75) is 57.5 Å². The van der Waals surface area contributed by atoms with Crippen LogP contribution in [0.25, 0.3) is 5.65 Å². The fourth-order valence-electron chi connectivity index (χ4n) is 4.63. The maximum Gasteiger partial charge on any atom is 0.318 e. The van der Waals surface area contributed by atoms with Gasteiger partial charge in [0, 0.05) is 12.7 Å². The monoisotopic (exact) mass is 532 g/mol. The first-order valence-electron chi connectivity index (χ1n) is 12.4. The molecule has 0 spiro atoms. The Bertz CT molecular complexity index is 1340. The zero-order valence-electron chi connectivity index (χ0n) is 21.4. The molecule has 1 saturated heterocycles. The topological polar surface area (TPSA) is 140 Å². The van der Waals surface area contributed by atoms with Gasteiger partial charge in [-0.2, -0.15) is 5.10 Å². The number of urea groups is 1. The number of aromatic nitrogens is 5. The normalized spacial score (nSPS) is 19.7. The molecule has 5 rings (SSSR count). The van der Waals surface area contributed by atoms with Crippen LogP contribution in [0.15, 0.2) is 23.1 Å². The predicted octanol–water partition coefficient (Wildman–Crippen LogP) is 2.82. The molecular formula is C24H30F2N8O4. The number of alkyl halides is 2. The number of nitrogens with zero attached hydrogens (tertiary/aromatic N) is 6. The minimum absolute atomic E-state index is 0.00271. The highest BCUT2D eigenvalue weighted by atomic mass is 19.3. The molecule has 0 bridgehead atoms. The maximum atomic E-state index is 14.1. The van der Waals surface area contributed by atoms with E-state index in [1.807, 2.05) is 0 Å². The van der Waals surface area contributed by atoms with Crippen molar-refractivity contribution in [1.29, 1.82) is 0 Å². The second-order valence-electron chi connectivity index (χ2n) is 10.4. The lowest BCUT2D eigenvalue weighted by atomic mass is 9.97. The summed E-state index contributed by atoms with van der Waals surface area (Å²) in [5, 5.41) is 17.0. The summed E-state index contributed by atoms with van der Waals surface area (Å²) in [7, 11) is 1.44. The fourth-order valence-corrected chi connectivity index (χ4v) is 4.63. The van der Waals surface area contributed by atoms with E-state index < -0.39 is 43.0 Å². The molecule has 2 aliphatic rings. The smallest absolute Gasteiger partial charge is 0.318 e. The number of rotatable bonds is 10. The van der Waals surface area contributed by atoms with Crippen molar-refractivity contribution < 1.29 is 27.7 Å². The lowest BCUT2D eigenvalue weighted by Crippen LogP contribution is -2.58. The van der Waals surface area contributed by atoms with Crippen molar-refractivity contribution in [2.75, 3.05) is 26.8 Å². The number of hydrogen-bond donors (Lipinski definition) is 2. The van der Waals surface area contributed by atoms with Gasteiger partial charge < -0.3 is 20.3 Å². The molecule has 4 heterocycles. The fraction of sp³-hybridized carbons (Fsp3) is 0.583. The molecule has 204 valence electrons. The van der Waals surface area contributed by atoms with Gasteiger partial charge in [-0.15, -0.1) is 0 Å². The number of hydrogen-bond acceptors (Lipinski definition) is 8. The van der Waals surface area contributed by atoms with Crippen LogP contribution in [0.5, 0.6) is 0 Å². The van der Waals surface area contributed by atoms with Gasteiger partial charge in [0.25, 0.3) is 11.8 Å². The number of aryl methyl sites for hydroxylation is 1. The summed E-state index contributed by atoms with van der Waals surface area (Å²) in [5.41, 5.74) is 2.28. The highest BCUT2D eigenvalue weighted by Crippen LogP contribution is 2.49. The van der Waals surface area contributed by atoms with E-state index in [0.717, 1.165) is 24.2 Å². The number of methoxy groups -OCH3 is 1. The minimum atomic E-state index is -3.07. The van der Waals surface area contributed by atoms with Gasteiger partial charge in [-0.25, -0.2) is 27.7 Å². The molecule has 12 nitrogen and oxygen atoms in total. The Morgan fingerprint density at radius 1 is 1.34 bits per heavy atom. The molecule has 0 radical (unpaired) electrons. The van der Waals surface area contributed by atoms with E-state index >= 15 is 0 Å². The number of ether oxygens (including phenoxy) is 1. The summed E-state index contributed by atoms with van der Waals surface area (Å²) >= 11 is 0. The second kappa shape index (κ2) is 9.89. The molecule has 0 aromatic carbocycles. The average Bonchev–Trinajstić information content (AvgIpc) is 3.25.